The lowest BCUT2D eigenvalue weighted by molar-refractivity contribution is 0.136. The van der Waals surface area contributed by atoms with E-state index in [1.165, 1.54) is 19.6 Å². The van der Waals surface area contributed by atoms with E-state index in [2.05, 4.69) is 44.5 Å². The molecule has 0 aromatic heterocycles. The molecule has 0 radical (unpaired) electrons. The maximum Gasteiger partial charge on any atom is 0.0235 e. The molecule has 0 aromatic carbocycles. The van der Waals surface area contributed by atoms with Crippen molar-refractivity contribution in [2.75, 3.05) is 39.8 Å². The van der Waals surface area contributed by atoms with Crippen molar-refractivity contribution in [3.8, 4) is 0 Å². The number of likely N-dealkylation sites (N-methyl/N-ethyl adjacent to an activating group) is 1. The molecule has 0 amide bonds. The Labute approximate surface area is 107 Å². The predicted octanol–water partition coefficient (Wildman–Crippen LogP) is 1.63. The molecule has 1 heterocycles. The molecule has 0 spiro atoms. The summed E-state index contributed by atoms with van der Waals surface area (Å²) in [5.74, 6) is 0.731. The van der Waals surface area contributed by atoms with Gasteiger partial charge < -0.3 is 10.6 Å². The third kappa shape index (κ3) is 4.94. The van der Waals surface area contributed by atoms with E-state index in [-0.39, 0.29) is 0 Å². The fourth-order valence-electron chi connectivity index (χ4n) is 3.15. The van der Waals surface area contributed by atoms with E-state index in [9.17, 15) is 0 Å². The molecular weight excluding hydrogens is 210 g/mol. The van der Waals surface area contributed by atoms with Gasteiger partial charge in [-0.25, -0.2) is 0 Å². The van der Waals surface area contributed by atoms with Gasteiger partial charge in [-0.05, 0) is 31.3 Å². The Morgan fingerprint density at radius 2 is 1.94 bits per heavy atom. The molecule has 1 saturated heterocycles. The van der Waals surface area contributed by atoms with E-state index in [1.807, 2.05) is 0 Å². The summed E-state index contributed by atoms with van der Waals surface area (Å²) in [7, 11) is 2.24. The Morgan fingerprint density at radius 1 is 1.29 bits per heavy atom. The van der Waals surface area contributed by atoms with Crippen molar-refractivity contribution < 1.29 is 0 Å². The topological polar surface area (TPSA) is 32.5 Å². The molecule has 3 nitrogen and oxygen atoms in total. The van der Waals surface area contributed by atoms with Crippen molar-refractivity contribution in [1.29, 1.82) is 0 Å². The zero-order valence-electron chi connectivity index (χ0n) is 12.4. The van der Waals surface area contributed by atoms with Gasteiger partial charge in [0, 0.05) is 32.2 Å². The summed E-state index contributed by atoms with van der Waals surface area (Å²) in [6, 6.07) is 0.633. The van der Waals surface area contributed by atoms with Gasteiger partial charge in [0.2, 0.25) is 0 Å². The normalized spacial score (nSPS) is 27.4. The standard InChI is InChI=1S/C14H31N3/c1-12(2)8-17-11-14(3,4)10-16(5)9-13(17)6-7-15/h12-13H,6-11,15H2,1-5H3. The Bertz CT molecular complexity index is 226. The van der Waals surface area contributed by atoms with Gasteiger partial charge in [-0.15, -0.1) is 0 Å². The quantitative estimate of drug-likeness (QED) is 0.812. The van der Waals surface area contributed by atoms with Crippen LogP contribution in [-0.4, -0.2) is 55.6 Å². The molecule has 102 valence electrons. The smallest absolute Gasteiger partial charge is 0.0235 e. The lowest BCUT2D eigenvalue weighted by Crippen LogP contribution is -2.44. The first-order valence-corrected chi connectivity index (χ1v) is 6.97. The van der Waals surface area contributed by atoms with Crippen molar-refractivity contribution in [3.63, 3.8) is 0 Å². The molecule has 0 aliphatic carbocycles. The van der Waals surface area contributed by atoms with Crippen LogP contribution in [0.4, 0.5) is 0 Å². The summed E-state index contributed by atoms with van der Waals surface area (Å²) in [6.07, 6.45) is 1.12. The number of hydrogen-bond donors (Lipinski definition) is 1. The lowest BCUT2D eigenvalue weighted by Gasteiger charge is -2.35. The van der Waals surface area contributed by atoms with E-state index < -0.39 is 0 Å². The fourth-order valence-corrected chi connectivity index (χ4v) is 3.15. The average molecular weight is 241 g/mol. The number of rotatable bonds is 4. The minimum absolute atomic E-state index is 0.382. The highest BCUT2D eigenvalue weighted by Gasteiger charge is 2.32. The molecule has 2 N–H and O–H groups in total. The van der Waals surface area contributed by atoms with Crippen molar-refractivity contribution in [2.45, 2.75) is 40.2 Å². The van der Waals surface area contributed by atoms with Gasteiger partial charge in [-0.1, -0.05) is 27.7 Å². The van der Waals surface area contributed by atoms with Crippen LogP contribution in [0.15, 0.2) is 0 Å². The van der Waals surface area contributed by atoms with E-state index in [0.29, 0.717) is 11.5 Å². The van der Waals surface area contributed by atoms with E-state index in [1.54, 1.807) is 0 Å². The number of nitrogens with two attached hydrogens (primary N) is 1. The predicted molar refractivity (Wildman–Crippen MR) is 75.1 cm³/mol. The fraction of sp³-hybridized carbons (Fsp3) is 1.00. The van der Waals surface area contributed by atoms with Crippen LogP contribution in [0.1, 0.15) is 34.1 Å². The summed E-state index contributed by atoms with van der Waals surface area (Å²) in [4.78, 5) is 5.14. The van der Waals surface area contributed by atoms with Gasteiger partial charge in [0.15, 0.2) is 0 Å². The molecular formula is C14H31N3. The van der Waals surface area contributed by atoms with E-state index >= 15 is 0 Å². The molecule has 0 aromatic rings. The molecule has 1 unspecified atom stereocenters. The van der Waals surface area contributed by atoms with Gasteiger partial charge in [-0.3, -0.25) is 4.90 Å². The Hall–Kier alpha value is -0.120. The molecule has 17 heavy (non-hydrogen) atoms. The molecule has 1 rings (SSSR count). The van der Waals surface area contributed by atoms with Crippen molar-refractivity contribution in [2.24, 2.45) is 17.1 Å². The lowest BCUT2D eigenvalue weighted by atomic mass is 9.92. The van der Waals surface area contributed by atoms with Crippen LogP contribution in [0, 0.1) is 11.3 Å². The van der Waals surface area contributed by atoms with Gasteiger partial charge in [0.1, 0.15) is 0 Å². The summed E-state index contributed by atoms with van der Waals surface area (Å²) in [6.45, 7) is 14.9. The largest absolute Gasteiger partial charge is 0.330 e. The van der Waals surface area contributed by atoms with Crippen LogP contribution in [0.3, 0.4) is 0 Å². The first kappa shape index (κ1) is 14.9. The zero-order valence-corrected chi connectivity index (χ0v) is 12.4. The van der Waals surface area contributed by atoms with Gasteiger partial charge in [0.25, 0.3) is 0 Å². The van der Waals surface area contributed by atoms with Gasteiger partial charge in [-0.2, -0.15) is 0 Å². The zero-order chi connectivity index (χ0) is 13.1. The highest BCUT2D eigenvalue weighted by atomic mass is 15.2. The van der Waals surface area contributed by atoms with Crippen LogP contribution >= 0.6 is 0 Å². The average Bonchev–Trinajstić information content (AvgIpc) is 2.22. The van der Waals surface area contributed by atoms with Crippen LogP contribution in [0.5, 0.6) is 0 Å². The second-order valence-electron chi connectivity index (χ2n) is 6.92. The maximum atomic E-state index is 5.77. The second-order valence-corrected chi connectivity index (χ2v) is 6.92. The summed E-state index contributed by atoms with van der Waals surface area (Å²) < 4.78 is 0. The molecule has 1 fully saturated rings. The van der Waals surface area contributed by atoms with Gasteiger partial charge in [0.05, 0.1) is 0 Å². The van der Waals surface area contributed by atoms with Gasteiger partial charge >= 0.3 is 0 Å². The first-order chi connectivity index (χ1) is 7.84. The summed E-state index contributed by atoms with van der Waals surface area (Å²) in [5, 5.41) is 0. The highest BCUT2D eigenvalue weighted by Crippen LogP contribution is 2.25. The third-order valence-corrected chi connectivity index (χ3v) is 3.47. The SMILES string of the molecule is CC(C)CN1CC(C)(C)CN(C)CC1CCN. The molecule has 1 aliphatic heterocycles. The Kier molecular flexibility index (Phi) is 5.42. The highest BCUT2D eigenvalue weighted by molar-refractivity contribution is 4.87. The molecule has 0 saturated carbocycles. The van der Waals surface area contributed by atoms with E-state index in [0.717, 1.165) is 25.4 Å². The monoisotopic (exact) mass is 241 g/mol. The molecule has 3 heteroatoms. The van der Waals surface area contributed by atoms with Crippen molar-refractivity contribution in [1.82, 2.24) is 9.80 Å². The van der Waals surface area contributed by atoms with Crippen LogP contribution < -0.4 is 5.73 Å². The second kappa shape index (κ2) is 6.17. The minimum Gasteiger partial charge on any atom is -0.330 e. The van der Waals surface area contributed by atoms with Crippen LogP contribution in [0.25, 0.3) is 0 Å². The molecule has 1 atom stereocenters. The number of nitrogens with zero attached hydrogens (tertiary/aromatic N) is 2. The summed E-state index contributed by atoms with van der Waals surface area (Å²) >= 11 is 0. The van der Waals surface area contributed by atoms with Crippen LogP contribution in [0.2, 0.25) is 0 Å². The summed E-state index contributed by atoms with van der Waals surface area (Å²) in [5.41, 5.74) is 6.15. The maximum absolute atomic E-state index is 5.77. The molecule has 0 bridgehead atoms. The Morgan fingerprint density at radius 3 is 2.47 bits per heavy atom. The Balaban J connectivity index is 2.76. The minimum atomic E-state index is 0.382. The van der Waals surface area contributed by atoms with Crippen molar-refractivity contribution in [3.05, 3.63) is 0 Å². The molecule has 1 aliphatic rings. The number of hydrogen-bond acceptors (Lipinski definition) is 3. The van der Waals surface area contributed by atoms with Crippen molar-refractivity contribution >= 4 is 0 Å². The third-order valence-electron chi connectivity index (χ3n) is 3.47. The van der Waals surface area contributed by atoms with E-state index in [4.69, 9.17) is 5.73 Å². The van der Waals surface area contributed by atoms with Crippen LogP contribution in [-0.2, 0) is 0 Å². The first-order valence-electron chi connectivity index (χ1n) is 6.97.